The molecular weight excluding hydrogens is 378 g/mol. The maximum absolute atomic E-state index is 11.6. The Morgan fingerprint density at radius 1 is 1.03 bits per heavy atom. The van der Waals surface area contributed by atoms with Crippen molar-refractivity contribution in [3.05, 3.63) is 67.5 Å². The molecule has 0 fully saturated rings. The molecule has 5 rings (SSSR count). The molecule has 3 heterocycles. The molecule has 0 spiro atoms. The Hall–Kier alpha value is -4.20. The fourth-order valence-corrected chi connectivity index (χ4v) is 3.57. The van der Waals surface area contributed by atoms with Gasteiger partial charge in [0.05, 0.1) is 23.4 Å². The number of hydrogen-bond acceptors (Lipinski definition) is 4. The molecule has 0 saturated heterocycles. The summed E-state index contributed by atoms with van der Waals surface area (Å²) in [4.78, 5) is 16.2. The molecule has 0 aliphatic carbocycles. The minimum atomic E-state index is -0.123. The van der Waals surface area contributed by atoms with Crippen molar-refractivity contribution in [3.8, 4) is 27.9 Å². The van der Waals surface area contributed by atoms with Crippen LogP contribution in [0.2, 0.25) is 0 Å². The summed E-state index contributed by atoms with van der Waals surface area (Å²) in [7, 11) is 1.90. The van der Waals surface area contributed by atoms with E-state index in [1.807, 2.05) is 54.5 Å². The number of hydrogen-bond donors (Lipinski definition) is 2. The molecule has 2 aromatic carbocycles. The van der Waals surface area contributed by atoms with E-state index in [0.717, 1.165) is 39.0 Å². The first-order chi connectivity index (χ1) is 14.6. The maximum atomic E-state index is 11.6. The average molecular weight is 397 g/mol. The Labute approximate surface area is 172 Å². The van der Waals surface area contributed by atoms with Gasteiger partial charge in [-0.15, -0.1) is 0 Å². The van der Waals surface area contributed by atoms with Crippen molar-refractivity contribution in [1.29, 1.82) is 0 Å². The smallest absolute Gasteiger partial charge is 0.221 e. The number of aryl methyl sites for hydroxylation is 1. The zero-order valence-electron chi connectivity index (χ0n) is 16.5. The van der Waals surface area contributed by atoms with Crippen LogP contribution in [0.1, 0.15) is 6.92 Å². The van der Waals surface area contributed by atoms with E-state index < -0.39 is 0 Å². The van der Waals surface area contributed by atoms with Crippen LogP contribution in [-0.4, -0.2) is 35.4 Å². The molecule has 0 unspecified atom stereocenters. The standard InChI is InChI=1S/C22H19N7O/c1-14(30)27-19-5-16(17-9-24-25-10-17)6-20(8-19)29-13-23-21-7-15(3-4-22(21)29)18-11-26-28(2)12-18/h3-13H,1-2H3,(H,24,25)(H,27,30). The van der Waals surface area contributed by atoms with Gasteiger partial charge >= 0.3 is 0 Å². The second kappa shape index (κ2) is 7.00. The lowest BCUT2D eigenvalue weighted by atomic mass is 10.1. The van der Waals surface area contributed by atoms with Gasteiger partial charge in [0.15, 0.2) is 0 Å². The largest absolute Gasteiger partial charge is 0.326 e. The second-order valence-corrected chi connectivity index (χ2v) is 7.16. The molecule has 0 radical (unpaired) electrons. The SMILES string of the molecule is CC(=O)Nc1cc(-c2cn[nH]c2)cc(-n2cnc3cc(-c4cnn(C)c4)ccc32)c1. The molecule has 8 nitrogen and oxygen atoms in total. The van der Waals surface area contributed by atoms with Crippen LogP contribution in [0.15, 0.2) is 67.5 Å². The highest BCUT2D eigenvalue weighted by atomic mass is 16.1. The third-order valence-corrected chi connectivity index (χ3v) is 4.93. The number of amides is 1. The van der Waals surface area contributed by atoms with Crippen LogP contribution in [0, 0.1) is 0 Å². The van der Waals surface area contributed by atoms with Crippen LogP contribution >= 0.6 is 0 Å². The molecule has 148 valence electrons. The summed E-state index contributed by atoms with van der Waals surface area (Å²) in [5.41, 5.74) is 7.45. The summed E-state index contributed by atoms with van der Waals surface area (Å²) in [6.45, 7) is 1.50. The maximum Gasteiger partial charge on any atom is 0.221 e. The van der Waals surface area contributed by atoms with E-state index in [4.69, 9.17) is 0 Å². The number of H-pyrrole nitrogens is 1. The topological polar surface area (TPSA) is 93.4 Å². The first-order valence-corrected chi connectivity index (χ1v) is 9.45. The van der Waals surface area contributed by atoms with Crippen LogP contribution in [0.25, 0.3) is 39.0 Å². The van der Waals surface area contributed by atoms with E-state index in [-0.39, 0.29) is 5.91 Å². The molecule has 30 heavy (non-hydrogen) atoms. The zero-order valence-corrected chi connectivity index (χ0v) is 16.5. The van der Waals surface area contributed by atoms with Crippen molar-refractivity contribution in [2.24, 2.45) is 7.05 Å². The van der Waals surface area contributed by atoms with Crippen molar-refractivity contribution in [1.82, 2.24) is 29.5 Å². The first kappa shape index (κ1) is 17.9. The zero-order chi connectivity index (χ0) is 20.7. The normalized spacial score (nSPS) is 11.1. The average Bonchev–Trinajstić information content (AvgIpc) is 3.47. The van der Waals surface area contributed by atoms with Gasteiger partial charge < -0.3 is 5.32 Å². The number of rotatable bonds is 4. The lowest BCUT2D eigenvalue weighted by Gasteiger charge is -2.11. The van der Waals surface area contributed by atoms with Crippen LogP contribution in [0.4, 0.5) is 5.69 Å². The van der Waals surface area contributed by atoms with Crippen molar-refractivity contribution >= 4 is 22.6 Å². The molecule has 5 aromatic rings. The van der Waals surface area contributed by atoms with Gasteiger partial charge in [-0.25, -0.2) is 4.98 Å². The summed E-state index contributed by atoms with van der Waals surface area (Å²) < 4.78 is 3.79. The molecule has 0 aliphatic rings. The molecule has 0 aliphatic heterocycles. The Bertz CT molecular complexity index is 1360. The highest BCUT2D eigenvalue weighted by molar-refractivity contribution is 5.91. The number of nitrogens with zero attached hydrogens (tertiary/aromatic N) is 5. The van der Waals surface area contributed by atoms with Gasteiger partial charge in [-0.1, -0.05) is 6.07 Å². The van der Waals surface area contributed by atoms with Crippen molar-refractivity contribution < 1.29 is 4.79 Å². The Morgan fingerprint density at radius 2 is 1.93 bits per heavy atom. The van der Waals surface area contributed by atoms with E-state index in [1.165, 1.54) is 6.92 Å². The van der Waals surface area contributed by atoms with Crippen molar-refractivity contribution in [3.63, 3.8) is 0 Å². The fraction of sp³-hybridized carbons (Fsp3) is 0.0909. The van der Waals surface area contributed by atoms with Crippen molar-refractivity contribution in [2.45, 2.75) is 6.92 Å². The minimum Gasteiger partial charge on any atom is -0.326 e. The number of carbonyl (C=O) groups is 1. The third kappa shape index (κ3) is 3.24. The van der Waals surface area contributed by atoms with E-state index in [1.54, 1.807) is 17.2 Å². The highest BCUT2D eigenvalue weighted by Crippen LogP contribution is 2.29. The third-order valence-electron chi connectivity index (χ3n) is 4.93. The van der Waals surface area contributed by atoms with Crippen LogP contribution < -0.4 is 5.32 Å². The number of fused-ring (bicyclic) bond motifs is 1. The molecule has 0 atom stereocenters. The lowest BCUT2D eigenvalue weighted by Crippen LogP contribution is -2.06. The number of imidazole rings is 1. The fourth-order valence-electron chi connectivity index (χ4n) is 3.57. The minimum absolute atomic E-state index is 0.123. The molecule has 1 amide bonds. The Kier molecular flexibility index (Phi) is 4.17. The van der Waals surface area contributed by atoms with Gasteiger partial charge in [0, 0.05) is 48.9 Å². The number of aromatic nitrogens is 6. The highest BCUT2D eigenvalue weighted by Gasteiger charge is 2.11. The Morgan fingerprint density at radius 3 is 2.67 bits per heavy atom. The second-order valence-electron chi connectivity index (χ2n) is 7.16. The number of aromatic amines is 1. The summed E-state index contributed by atoms with van der Waals surface area (Å²) in [6, 6.07) is 12.1. The molecule has 2 N–H and O–H groups in total. The number of nitrogens with one attached hydrogen (secondary N) is 2. The number of benzene rings is 2. The van der Waals surface area contributed by atoms with Gasteiger partial charge in [-0.2, -0.15) is 10.2 Å². The van der Waals surface area contributed by atoms with Gasteiger partial charge in [0.25, 0.3) is 0 Å². The summed E-state index contributed by atoms with van der Waals surface area (Å²) in [5.74, 6) is -0.123. The number of anilines is 1. The van der Waals surface area contributed by atoms with E-state index in [2.05, 4.69) is 37.7 Å². The molecular formula is C22H19N7O. The van der Waals surface area contributed by atoms with Gasteiger partial charge in [-0.3, -0.25) is 19.1 Å². The van der Waals surface area contributed by atoms with E-state index in [9.17, 15) is 4.79 Å². The van der Waals surface area contributed by atoms with Gasteiger partial charge in [0.2, 0.25) is 5.91 Å². The van der Waals surface area contributed by atoms with Crippen LogP contribution in [-0.2, 0) is 11.8 Å². The monoisotopic (exact) mass is 397 g/mol. The molecule has 8 heteroatoms. The van der Waals surface area contributed by atoms with Crippen LogP contribution in [0.5, 0.6) is 0 Å². The van der Waals surface area contributed by atoms with Gasteiger partial charge in [0.1, 0.15) is 6.33 Å². The summed E-state index contributed by atoms with van der Waals surface area (Å²) >= 11 is 0. The Balaban J connectivity index is 1.62. The number of carbonyl (C=O) groups excluding carboxylic acids is 1. The molecule has 0 bridgehead atoms. The van der Waals surface area contributed by atoms with E-state index >= 15 is 0 Å². The molecule has 3 aromatic heterocycles. The van der Waals surface area contributed by atoms with E-state index in [0.29, 0.717) is 5.69 Å². The first-order valence-electron chi connectivity index (χ1n) is 9.45. The quantitative estimate of drug-likeness (QED) is 0.483. The van der Waals surface area contributed by atoms with Crippen LogP contribution in [0.3, 0.4) is 0 Å². The lowest BCUT2D eigenvalue weighted by molar-refractivity contribution is -0.114. The summed E-state index contributed by atoms with van der Waals surface area (Å²) in [6.07, 6.45) is 9.19. The van der Waals surface area contributed by atoms with Crippen molar-refractivity contribution in [2.75, 3.05) is 5.32 Å². The summed E-state index contributed by atoms with van der Waals surface area (Å²) in [5, 5.41) is 14.0. The predicted molar refractivity (Wildman–Crippen MR) is 115 cm³/mol. The molecule has 0 saturated carbocycles. The van der Waals surface area contributed by atoms with Gasteiger partial charge in [-0.05, 0) is 41.5 Å². The predicted octanol–water partition coefficient (Wildman–Crippen LogP) is 3.77.